The number of aromatic amines is 1. The van der Waals surface area contributed by atoms with Crippen LogP contribution in [0.3, 0.4) is 0 Å². The zero-order valence-electron chi connectivity index (χ0n) is 16.8. The van der Waals surface area contributed by atoms with Crippen molar-refractivity contribution in [3.05, 3.63) is 57.1 Å². The number of rotatable bonds is 5. The number of halogens is 1. The summed E-state index contributed by atoms with van der Waals surface area (Å²) in [6, 6.07) is 11.5. The number of carbonyl (C=O) groups excluding carboxylic acids is 1. The first kappa shape index (κ1) is 21.2. The van der Waals surface area contributed by atoms with Gasteiger partial charge in [0, 0.05) is 37.7 Å². The van der Waals surface area contributed by atoms with Crippen LogP contribution in [0.25, 0.3) is 10.7 Å². The first-order chi connectivity index (χ1) is 14.5. The Morgan fingerprint density at radius 3 is 2.77 bits per heavy atom. The van der Waals surface area contributed by atoms with E-state index in [1.165, 1.54) is 5.56 Å². The van der Waals surface area contributed by atoms with Gasteiger partial charge in [0.15, 0.2) is 10.6 Å². The molecular weight excluding hydrogens is 438 g/mol. The Morgan fingerprint density at radius 1 is 1.23 bits per heavy atom. The summed E-state index contributed by atoms with van der Waals surface area (Å²) >= 11 is 13.0. The van der Waals surface area contributed by atoms with E-state index in [2.05, 4.69) is 27.2 Å². The van der Waals surface area contributed by atoms with Gasteiger partial charge in [-0.15, -0.1) is 11.3 Å². The highest BCUT2D eigenvalue weighted by Crippen LogP contribution is 2.26. The Morgan fingerprint density at radius 2 is 2.03 bits per heavy atom. The SMILES string of the molecule is CC(C(=O)N1CCCN(Cc2ccc(Cl)cc2)CC1)n1c(-c2cccs2)n[nH]c1=S. The highest BCUT2D eigenvalue weighted by atomic mass is 35.5. The summed E-state index contributed by atoms with van der Waals surface area (Å²) in [5.41, 5.74) is 1.23. The van der Waals surface area contributed by atoms with Crippen LogP contribution in [0.5, 0.6) is 0 Å². The Bertz CT molecular complexity index is 1040. The van der Waals surface area contributed by atoms with Crippen LogP contribution < -0.4 is 0 Å². The molecule has 6 nitrogen and oxygen atoms in total. The summed E-state index contributed by atoms with van der Waals surface area (Å²) in [7, 11) is 0. The molecule has 1 amide bonds. The van der Waals surface area contributed by atoms with Gasteiger partial charge < -0.3 is 4.90 Å². The largest absolute Gasteiger partial charge is 0.340 e. The molecular formula is C21H24ClN5OS2. The molecule has 30 heavy (non-hydrogen) atoms. The van der Waals surface area contributed by atoms with Crippen LogP contribution >= 0.6 is 35.2 Å². The molecule has 2 aromatic heterocycles. The third-order valence-corrected chi connectivity index (χ3v) is 6.82. The molecule has 1 N–H and O–H groups in total. The lowest BCUT2D eigenvalue weighted by Gasteiger charge is -2.25. The van der Waals surface area contributed by atoms with Gasteiger partial charge in [0.2, 0.25) is 5.91 Å². The molecule has 3 aromatic rings. The Kier molecular flexibility index (Phi) is 6.67. The standard InChI is InChI=1S/C21H24ClN5OS2/c1-15(27-19(23-24-21(27)29)18-4-2-13-30-18)20(28)26-10-3-9-25(11-12-26)14-16-5-7-17(22)8-6-16/h2,4-8,13,15H,3,9-12,14H2,1H3,(H,24,29). The Balaban J connectivity index is 1.43. The molecule has 1 fully saturated rings. The number of aromatic nitrogens is 3. The second-order valence-electron chi connectivity index (χ2n) is 7.46. The summed E-state index contributed by atoms with van der Waals surface area (Å²) < 4.78 is 2.30. The molecule has 0 aliphatic carbocycles. The molecule has 9 heteroatoms. The smallest absolute Gasteiger partial charge is 0.245 e. The number of amides is 1. The summed E-state index contributed by atoms with van der Waals surface area (Å²) in [6.45, 7) is 6.03. The number of hydrogen-bond acceptors (Lipinski definition) is 5. The summed E-state index contributed by atoms with van der Waals surface area (Å²) in [4.78, 5) is 18.7. The molecule has 1 aromatic carbocycles. The van der Waals surface area contributed by atoms with Crippen LogP contribution in [0, 0.1) is 4.77 Å². The molecule has 0 spiro atoms. The molecule has 1 atom stereocenters. The van der Waals surface area contributed by atoms with Crippen molar-refractivity contribution in [2.45, 2.75) is 25.9 Å². The van der Waals surface area contributed by atoms with Crippen molar-refractivity contribution >= 4 is 41.1 Å². The monoisotopic (exact) mass is 461 g/mol. The van der Waals surface area contributed by atoms with Crippen molar-refractivity contribution in [1.29, 1.82) is 0 Å². The lowest BCUT2D eigenvalue weighted by Crippen LogP contribution is -2.39. The van der Waals surface area contributed by atoms with Gasteiger partial charge in [-0.1, -0.05) is 29.8 Å². The molecule has 1 unspecified atom stereocenters. The molecule has 3 heterocycles. The van der Waals surface area contributed by atoms with Gasteiger partial charge >= 0.3 is 0 Å². The summed E-state index contributed by atoms with van der Waals surface area (Å²) in [6.07, 6.45) is 0.945. The number of thiophene rings is 1. The fraction of sp³-hybridized carbons (Fsp3) is 0.381. The Labute approximate surface area is 190 Å². The van der Waals surface area contributed by atoms with E-state index in [9.17, 15) is 4.79 Å². The first-order valence-electron chi connectivity index (χ1n) is 9.99. The van der Waals surface area contributed by atoms with Gasteiger partial charge in [0.05, 0.1) is 4.88 Å². The zero-order valence-corrected chi connectivity index (χ0v) is 19.1. The number of H-pyrrole nitrogens is 1. The lowest BCUT2D eigenvalue weighted by molar-refractivity contribution is -0.134. The third kappa shape index (κ3) is 4.67. The lowest BCUT2D eigenvalue weighted by atomic mass is 10.2. The number of nitrogens with zero attached hydrogens (tertiary/aromatic N) is 4. The van der Waals surface area contributed by atoms with Crippen LogP contribution in [-0.4, -0.2) is 56.7 Å². The predicted molar refractivity (Wildman–Crippen MR) is 123 cm³/mol. The van der Waals surface area contributed by atoms with Crippen LogP contribution in [0.15, 0.2) is 41.8 Å². The van der Waals surface area contributed by atoms with Gasteiger partial charge in [0.1, 0.15) is 6.04 Å². The number of hydrogen-bond donors (Lipinski definition) is 1. The van der Waals surface area contributed by atoms with Gasteiger partial charge in [-0.05, 0) is 54.7 Å². The van der Waals surface area contributed by atoms with Crippen molar-refractivity contribution < 1.29 is 4.79 Å². The summed E-state index contributed by atoms with van der Waals surface area (Å²) in [5.74, 6) is 0.800. The molecule has 4 rings (SSSR count). The predicted octanol–water partition coefficient (Wildman–Crippen LogP) is 4.62. The highest BCUT2D eigenvalue weighted by Gasteiger charge is 2.27. The maximum absolute atomic E-state index is 13.3. The molecule has 1 saturated heterocycles. The normalized spacial score (nSPS) is 16.4. The average Bonchev–Trinajstić information content (AvgIpc) is 3.34. The second-order valence-corrected chi connectivity index (χ2v) is 9.23. The van der Waals surface area contributed by atoms with Crippen LogP contribution in [0.2, 0.25) is 5.02 Å². The number of carbonyl (C=O) groups is 1. The van der Waals surface area contributed by atoms with E-state index in [1.807, 2.05) is 46.0 Å². The van der Waals surface area contributed by atoms with Crippen molar-refractivity contribution in [2.75, 3.05) is 26.2 Å². The summed E-state index contributed by atoms with van der Waals surface area (Å²) in [5, 5.41) is 9.95. The van der Waals surface area contributed by atoms with E-state index in [0.717, 1.165) is 48.3 Å². The van der Waals surface area contributed by atoms with E-state index in [4.69, 9.17) is 23.8 Å². The highest BCUT2D eigenvalue weighted by molar-refractivity contribution is 7.71. The Hall–Kier alpha value is -2.00. The minimum absolute atomic E-state index is 0.0821. The molecule has 0 bridgehead atoms. The van der Waals surface area contributed by atoms with E-state index < -0.39 is 6.04 Å². The van der Waals surface area contributed by atoms with Crippen molar-refractivity contribution in [2.24, 2.45) is 0 Å². The van der Waals surface area contributed by atoms with Crippen molar-refractivity contribution in [1.82, 2.24) is 24.6 Å². The number of nitrogens with one attached hydrogen (secondary N) is 1. The maximum atomic E-state index is 13.3. The first-order valence-corrected chi connectivity index (χ1v) is 11.7. The van der Waals surface area contributed by atoms with Crippen molar-refractivity contribution in [3.8, 4) is 10.7 Å². The van der Waals surface area contributed by atoms with E-state index >= 15 is 0 Å². The van der Waals surface area contributed by atoms with Gasteiger partial charge in [0.25, 0.3) is 0 Å². The number of benzene rings is 1. The van der Waals surface area contributed by atoms with Gasteiger partial charge in [-0.3, -0.25) is 19.4 Å². The molecule has 158 valence electrons. The topological polar surface area (TPSA) is 57.2 Å². The van der Waals surface area contributed by atoms with Crippen LogP contribution in [-0.2, 0) is 11.3 Å². The van der Waals surface area contributed by atoms with E-state index in [0.29, 0.717) is 11.3 Å². The fourth-order valence-electron chi connectivity index (χ4n) is 3.82. The van der Waals surface area contributed by atoms with E-state index in [1.54, 1.807) is 11.3 Å². The van der Waals surface area contributed by atoms with Crippen molar-refractivity contribution in [3.63, 3.8) is 0 Å². The fourth-order valence-corrected chi connectivity index (χ4v) is 4.94. The minimum atomic E-state index is -0.406. The minimum Gasteiger partial charge on any atom is -0.340 e. The molecule has 1 aliphatic heterocycles. The second kappa shape index (κ2) is 9.43. The van der Waals surface area contributed by atoms with Crippen LogP contribution in [0.1, 0.15) is 24.9 Å². The average molecular weight is 462 g/mol. The third-order valence-electron chi connectivity index (χ3n) is 5.41. The molecule has 0 radical (unpaired) electrons. The van der Waals surface area contributed by atoms with Gasteiger partial charge in [-0.2, -0.15) is 5.10 Å². The molecule has 0 saturated carbocycles. The van der Waals surface area contributed by atoms with E-state index in [-0.39, 0.29) is 5.91 Å². The van der Waals surface area contributed by atoms with Crippen LogP contribution in [0.4, 0.5) is 0 Å². The maximum Gasteiger partial charge on any atom is 0.245 e. The molecule has 1 aliphatic rings. The van der Waals surface area contributed by atoms with Gasteiger partial charge in [-0.25, -0.2) is 0 Å². The quantitative estimate of drug-likeness (QED) is 0.563. The zero-order chi connectivity index (χ0) is 21.1.